The minimum Gasteiger partial charge on any atom is -0.303 e. The van der Waals surface area contributed by atoms with E-state index in [2.05, 4.69) is 39.5 Å². The summed E-state index contributed by atoms with van der Waals surface area (Å²) in [4.78, 5) is 2.87. The third-order valence-corrected chi connectivity index (χ3v) is 10.8. The topological polar surface area (TPSA) is 3.24 Å². The van der Waals surface area contributed by atoms with Gasteiger partial charge in [-0.2, -0.15) is 0 Å². The molecule has 0 heterocycles. The van der Waals surface area contributed by atoms with Crippen LogP contribution in [-0.2, 0) is 0 Å². The molecule has 0 atom stereocenters. The van der Waals surface area contributed by atoms with Crippen LogP contribution in [0.15, 0.2) is 0 Å². The molecule has 1 nitrogen and oxygen atoms in total. The van der Waals surface area contributed by atoms with Crippen LogP contribution >= 0.6 is 0 Å². The van der Waals surface area contributed by atoms with Gasteiger partial charge in [0.15, 0.2) is 0 Å². The molecule has 0 aliphatic rings. The second kappa shape index (κ2) is 40.4. The Morgan fingerprint density at radius 1 is 0.255 bits per heavy atom. The van der Waals surface area contributed by atoms with E-state index in [9.17, 15) is 0 Å². The molecule has 0 saturated heterocycles. The zero-order valence-electron chi connectivity index (χ0n) is 34.2. The predicted octanol–water partition coefficient (Wildman–Crippen LogP) is 16.7. The quantitative estimate of drug-likeness (QED) is 0.0589. The average Bonchev–Trinajstić information content (AvgIpc) is 3.05. The summed E-state index contributed by atoms with van der Waals surface area (Å²) in [6.07, 6.45) is 52.7. The fourth-order valence-electron chi connectivity index (χ4n) is 7.47. The van der Waals surface area contributed by atoms with Crippen LogP contribution in [0.2, 0.25) is 0 Å². The Kier molecular flexibility index (Phi) is 40.4. The van der Waals surface area contributed by atoms with Crippen LogP contribution in [0.3, 0.4) is 0 Å². The molecule has 0 spiro atoms. The van der Waals surface area contributed by atoms with Crippen molar-refractivity contribution in [2.75, 3.05) is 19.6 Å². The number of hydrogen-bond donors (Lipinski definition) is 0. The molecule has 0 fully saturated rings. The molecule has 0 N–H and O–H groups in total. The SMILES string of the molecule is CCCCCCCCCCCCCCCCN(CCCCCCCCCCCCC(C)C)CCCCCCCCCCCCC(C)C. The van der Waals surface area contributed by atoms with E-state index >= 15 is 0 Å². The summed E-state index contributed by atoms with van der Waals surface area (Å²) in [6, 6.07) is 0. The second-order valence-corrected chi connectivity index (χ2v) is 16.9. The van der Waals surface area contributed by atoms with Crippen LogP contribution < -0.4 is 0 Å². The third-order valence-electron chi connectivity index (χ3n) is 10.8. The normalized spacial score (nSPS) is 12.0. The molecule has 0 rings (SSSR count). The molecule has 0 radical (unpaired) electrons. The minimum absolute atomic E-state index is 0.888. The number of hydrogen-bond acceptors (Lipinski definition) is 1. The van der Waals surface area contributed by atoms with E-state index in [0.717, 1.165) is 11.8 Å². The standard InChI is InChI=1S/C46H95N/c1-6-7-8-9-10-11-12-13-14-17-22-27-32-37-42-47(43-38-33-28-23-18-15-20-25-30-35-40-45(2)3)44-39-34-29-24-19-16-21-26-31-36-41-46(4)5/h45-46H,6-44H2,1-5H3. The van der Waals surface area contributed by atoms with Gasteiger partial charge in [0.1, 0.15) is 0 Å². The summed E-state index contributed by atoms with van der Waals surface area (Å²) < 4.78 is 0. The molecule has 0 aromatic heterocycles. The van der Waals surface area contributed by atoms with E-state index in [4.69, 9.17) is 0 Å². The number of nitrogens with zero attached hydrogens (tertiary/aromatic N) is 1. The fourth-order valence-corrected chi connectivity index (χ4v) is 7.47. The predicted molar refractivity (Wildman–Crippen MR) is 218 cm³/mol. The molecule has 0 amide bonds. The maximum atomic E-state index is 2.87. The first-order valence-corrected chi connectivity index (χ1v) is 22.8. The van der Waals surface area contributed by atoms with E-state index in [-0.39, 0.29) is 0 Å². The van der Waals surface area contributed by atoms with Crippen LogP contribution in [0.25, 0.3) is 0 Å². The maximum Gasteiger partial charge on any atom is -0.00187 e. The Labute approximate surface area is 301 Å². The van der Waals surface area contributed by atoms with Gasteiger partial charge in [-0.3, -0.25) is 0 Å². The van der Waals surface area contributed by atoms with Crippen molar-refractivity contribution >= 4 is 0 Å². The highest BCUT2D eigenvalue weighted by Crippen LogP contribution is 2.17. The van der Waals surface area contributed by atoms with Crippen molar-refractivity contribution in [2.24, 2.45) is 11.8 Å². The Morgan fingerprint density at radius 3 is 0.660 bits per heavy atom. The van der Waals surface area contributed by atoms with Gasteiger partial charge in [0.25, 0.3) is 0 Å². The summed E-state index contributed by atoms with van der Waals surface area (Å²) in [7, 11) is 0. The number of unbranched alkanes of at least 4 members (excludes halogenated alkanes) is 31. The number of rotatable bonds is 41. The molecular weight excluding hydrogens is 567 g/mol. The lowest BCUT2D eigenvalue weighted by molar-refractivity contribution is 0.254. The lowest BCUT2D eigenvalue weighted by Gasteiger charge is -2.22. The van der Waals surface area contributed by atoms with Gasteiger partial charge in [0.2, 0.25) is 0 Å². The Morgan fingerprint density at radius 2 is 0.447 bits per heavy atom. The van der Waals surface area contributed by atoms with Crippen molar-refractivity contribution in [3.05, 3.63) is 0 Å². The van der Waals surface area contributed by atoms with Gasteiger partial charge in [-0.25, -0.2) is 0 Å². The van der Waals surface area contributed by atoms with Gasteiger partial charge in [0.05, 0.1) is 0 Å². The third kappa shape index (κ3) is 42.0. The van der Waals surface area contributed by atoms with Crippen LogP contribution in [0, 0.1) is 11.8 Å². The highest BCUT2D eigenvalue weighted by atomic mass is 15.1. The van der Waals surface area contributed by atoms with E-state index in [0.29, 0.717) is 0 Å². The molecule has 0 bridgehead atoms. The Hall–Kier alpha value is -0.0400. The van der Waals surface area contributed by atoms with E-state index in [1.54, 1.807) is 0 Å². The molecular formula is C46H95N. The largest absolute Gasteiger partial charge is 0.303 e. The second-order valence-electron chi connectivity index (χ2n) is 16.9. The first kappa shape index (κ1) is 47.0. The van der Waals surface area contributed by atoms with Gasteiger partial charge in [-0.05, 0) is 50.7 Å². The molecule has 0 aliphatic carbocycles. The van der Waals surface area contributed by atoms with Gasteiger partial charge in [-0.15, -0.1) is 0 Å². The summed E-state index contributed by atoms with van der Waals surface area (Å²) in [5, 5.41) is 0. The van der Waals surface area contributed by atoms with Crippen molar-refractivity contribution in [1.82, 2.24) is 4.90 Å². The molecule has 0 saturated carbocycles. The van der Waals surface area contributed by atoms with E-state index in [1.807, 2.05) is 0 Å². The van der Waals surface area contributed by atoms with Crippen molar-refractivity contribution in [2.45, 2.75) is 266 Å². The van der Waals surface area contributed by atoms with E-state index in [1.165, 1.54) is 251 Å². The van der Waals surface area contributed by atoms with Gasteiger partial charge in [-0.1, -0.05) is 247 Å². The molecule has 284 valence electrons. The van der Waals surface area contributed by atoms with Gasteiger partial charge < -0.3 is 4.90 Å². The van der Waals surface area contributed by atoms with Crippen LogP contribution in [0.4, 0.5) is 0 Å². The van der Waals surface area contributed by atoms with Gasteiger partial charge in [0, 0.05) is 0 Å². The van der Waals surface area contributed by atoms with Crippen molar-refractivity contribution in [3.63, 3.8) is 0 Å². The van der Waals surface area contributed by atoms with Crippen LogP contribution in [0.1, 0.15) is 266 Å². The lowest BCUT2D eigenvalue weighted by atomic mass is 10.0. The summed E-state index contributed by atoms with van der Waals surface area (Å²) in [5.74, 6) is 1.78. The zero-order valence-corrected chi connectivity index (χ0v) is 34.2. The fraction of sp³-hybridized carbons (Fsp3) is 1.00. The highest BCUT2D eigenvalue weighted by Gasteiger charge is 2.06. The summed E-state index contributed by atoms with van der Waals surface area (Å²) >= 11 is 0. The first-order valence-electron chi connectivity index (χ1n) is 22.8. The monoisotopic (exact) mass is 662 g/mol. The van der Waals surface area contributed by atoms with Gasteiger partial charge >= 0.3 is 0 Å². The molecule has 0 aliphatic heterocycles. The van der Waals surface area contributed by atoms with Crippen molar-refractivity contribution in [3.8, 4) is 0 Å². The smallest absolute Gasteiger partial charge is 0.00187 e. The van der Waals surface area contributed by atoms with E-state index < -0.39 is 0 Å². The molecule has 0 unspecified atom stereocenters. The molecule has 47 heavy (non-hydrogen) atoms. The Bertz CT molecular complexity index is 507. The summed E-state index contributed by atoms with van der Waals surface area (Å²) in [5.41, 5.74) is 0. The Balaban J connectivity index is 3.94. The zero-order chi connectivity index (χ0) is 34.3. The van der Waals surface area contributed by atoms with Crippen molar-refractivity contribution < 1.29 is 0 Å². The minimum atomic E-state index is 0.888. The average molecular weight is 662 g/mol. The highest BCUT2D eigenvalue weighted by molar-refractivity contribution is 4.61. The summed E-state index contributed by atoms with van der Waals surface area (Å²) in [6.45, 7) is 15.9. The molecule has 1 heteroatoms. The van der Waals surface area contributed by atoms with Crippen LogP contribution in [0.5, 0.6) is 0 Å². The van der Waals surface area contributed by atoms with Crippen LogP contribution in [-0.4, -0.2) is 24.5 Å². The molecule has 0 aromatic carbocycles. The first-order chi connectivity index (χ1) is 23.1. The lowest BCUT2D eigenvalue weighted by Crippen LogP contribution is -2.27. The maximum absolute atomic E-state index is 2.87. The van der Waals surface area contributed by atoms with Crippen molar-refractivity contribution in [1.29, 1.82) is 0 Å². The molecule has 0 aromatic rings.